The smallest absolute Gasteiger partial charge is 0.183 e. The van der Waals surface area contributed by atoms with Crippen LogP contribution in [0.4, 0.5) is 0 Å². The van der Waals surface area contributed by atoms with Crippen LogP contribution in [0.15, 0.2) is 0 Å². The van der Waals surface area contributed by atoms with Crippen LogP contribution in [0.1, 0.15) is 19.3 Å². The Morgan fingerprint density at radius 3 is 1.94 bits per heavy atom. The molecule has 3 heterocycles. The first-order chi connectivity index (χ1) is 8.42. The summed E-state index contributed by atoms with van der Waals surface area (Å²) in [6.45, 7) is 3.72. The average Bonchev–Trinajstić information content (AvgIpc) is 2.61. The van der Waals surface area contributed by atoms with Gasteiger partial charge in [-0.2, -0.15) is 0 Å². The van der Waals surface area contributed by atoms with E-state index in [0.29, 0.717) is 19.8 Å². The highest BCUT2D eigenvalue weighted by molar-refractivity contribution is 4.74. The molecule has 3 aliphatic rings. The minimum absolute atomic E-state index is 0.0549. The number of hydrogen-bond donors (Lipinski definition) is 0. The molecule has 0 aromatic rings. The Hall–Kier alpha value is -0.200. The van der Waals surface area contributed by atoms with Gasteiger partial charge in [-0.25, -0.2) is 0 Å². The van der Waals surface area contributed by atoms with Crippen molar-refractivity contribution in [3.8, 4) is 0 Å². The van der Waals surface area contributed by atoms with E-state index < -0.39 is 0 Å². The largest absolute Gasteiger partial charge is 0.376 e. The highest BCUT2D eigenvalue weighted by Crippen LogP contribution is 2.22. The maximum atomic E-state index is 5.79. The van der Waals surface area contributed by atoms with Crippen LogP contribution in [-0.2, 0) is 23.7 Å². The lowest BCUT2D eigenvalue weighted by Gasteiger charge is -2.30. The quantitative estimate of drug-likeness (QED) is 0.688. The van der Waals surface area contributed by atoms with E-state index in [2.05, 4.69) is 0 Å². The Labute approximate surface area is 101 Å². The molecule has 0 saturated carbocycles. The highest BCUT2D eigenvalue weighted by Gasteiger charge is 2.32. The predicted octanol–water partition coefficient (Wildman–Crippen LogP) is 0.712. The molecule has 0 bridgehead atoms. The maximum Gasteiger partial charge on any atom is 0.183 e. The molecular weight excluding hydrogens is 224 g/mol. The second-order valence-corrected chi connectivity index (χ2v) is 4.80. The molecule has 0 radical (unpaired) electrons. The second kappa shape index (κ2) is 5.63. The SMILES string of the molecule is C1CC(COC2CCOC2OCC2CCO2)O1. The molecule has 0 aromatic carbocycles. The van der Waals surface area contributed by atoms with Gasteiger partial charge >= 0.3 is 0 Å². The summed E-state index contributed by atoms with van der Waals surface area (Å²) in [7, 11) is 0. The first kappa shape index (κ1) is 11.9. The normalized spacial score (nSPS) is 40.9. The summed E-state index contributed by atoms with van der Waals surface area (Å²) < 4.78 is 27.6. The average molecular weight is 244 g/mol. The molecule has 5 heteroatoms. The minimum Gasteiger partial charge on any atom is -0.376 e. The fourth-order valence-electron chi connectivity index (χ4n) is 2.13. The van der Waals surface area contributed by atoms with E-state index in [1.807, 2.05) is 0 Å². The topological polar surface area (TPSA) is 46.2 Å². The lowest BCUT2D eigenvalue weighted by molar-refractivity contribution is -0.204. The van der Waals surface area contributed by atoms with Crippen LogP contribution in [0.3, 0.4) is 0 Å². The molecule has 0 spiro atoms. The third-order valence-corrected chi connectivity index (χ3v) is 3.52. The van der Waals surface area contributed by atoms with E-state index in [1.54, 1.807) is 0 Å². The van der Waals surface area contributed by atoms with Crippen LogP contribution in [0.5, 0.6) is 0 Å². The van der Waals surface area contributed by atoms with Gasteiger partial charge in [-0.05, 0) is 12.8 Å². The number of hydrogen-bond acceptors (Lipinski definition) is 5. The molecule has 0 amide bonds. The van der Waals surface area contributed by atoms with Gasteiger partial charge in [0, 0.05) is 19.6 Å². The van der Waals surface area contributed by atoms with E-state index in [4.69, 9.17) is 23.7 Å². The van der Waals surface area contributed by atoms with Crippen molar-refractivity contribution >= 4 is 0 Å². The Morgan fingerprint density at radius 2 is 1.35 bits per heavy atom. The van der Waals surface area contributed by atoms with Crippen LogP contribution in [0.2, 0.25) is 0 Å². The zero-order valence-corrected chi connectivity index (χ0v) is 10.0. The summed E-state index contributed by atoms with van der Waals surface area (Å²) in [5.74, 6) is 0. The van der Waals surface area contributed by atoms with Crippen molar-refractivity contribution in [3.63, 3.8) is 0 Å². The van der Waals surface area contributed by atoms with Gasteiger partial charge in [-0.3, -0.25) is 0 Å². The molecule has 0 aromatic heterocycles. The minimum atomic E-state index is -0.223. The van der Waals surface area contributed by atoms with Gasteiger partial charge in [0.15, 0.2) is 6.29 Å². The van der Waals surface area contributed by atoms with Crippen LogP contribution >= 0.6 is 0 Å². The van der Waals surface area contributed by atoms with Crippen molar-refractivity contribution in [3.05, 3.63) is 0 Å². The second-order valence-electron chi connectivity index (χ2n) is 4.80. The molecule has 3 rings (SSSR count). The fourth-order valence-corrected chi connectivity index (χ4v) is 2.13. The van der Waals surface area contributed by atoms with Crippen molar-refractivity contribution in [1.82, 2.24) is 0 Å². The molecule has 4 atom stereocenters. The summed E-state index contributed by atoms with van der Waals surface area (Å²) in [4.78, 5) is 0. The van der Waals surface area contributed by atoms with Gasteiger partial charge in [0.25, 0.3) is 0 Å². The lowest BCUT2D eigenvalue weighted by atomic mass is 10.2. The standard InChI is InChI=1S/C12H20O5/c1-4-13-9(1)7-16-11-3-6-15-12(11)17-8-10-2-5-14-10/h9-12H,1-8H2. The summed E-state index contributed by atoms with van der Waals surface area (Å²) >= 11 is 0. The number of rotatable bonds is 6. The van der Waals surface area contributed by atoms with Crippen molar-refractivity contribution < 1.29 is 23.7 Å². The molecule has 3 fully saturated rings. The van der Waals surface area contributed by atoms with E-state index in [0.717, 1.165) is 32.5 Å². The molecular formula is C12H20O5. The maximum absolute atomic E-state index is 5.79. The molecule has 3 aliphatic heterocycles. The third-order valence-electron chi connectivity index (χ3n) is 3.52. The van der Waals surface area contributed by atoms with Gasteiger partial charge < -0.3 is 23.7 Å². The van der Waals surface area contributed by atoms with E-state index in [-0.39, 0.29) is 24.6 Å². The van der Waals surface area contributed by atoms with Crippen molar-refractivity contribution in [2.24, 2.45) is 0 Å². The van der Waals surface area contributed by atoms with Gasteiger partial charge in [0.2, 0.25) is 0 Å². The molecule has 17 heavy (non-hydrogen) atoms. The van der Waals surface area contributed by atoms with E-state index in [9.17, 15) is 0 Å². The Morgan fingerprint density at radius 1 is 0.765 bits per heavy atom. The van der Waals surface area contributed by atoms with Crippen LogP contribution in [0.25, 0.3) is 0 Å². The first-order valence-corrected chi connectivity index (χ1v) is 6.50. The summed E-state index contributed by atoms with van der Waals surface area (Å²) in [5, 5.41) is 0. The first-order valence-electron chi connectivity index (χ1n) is 6.50. The molecule has 3 saturated heterocycles. The van der Waals surface area contributed by atoms with Gasteiger partial charge in [0.1, 0.15) is 6.10 Å². The summed E-state index contributed by atoms with van der Waals surface area (Å²) in [6, 6.07) is 0. The monoisotopic (exact) mass is 244 g/mol. The molecule has 98 valence electrons. The van der Waals surface area contributed by atoms with Gasteiger partial charge in [-0.15, -0.1) is 0 Å². The molecule has 0 N–H and O–H groups in total. The Balaban J connectivity index is 1.36. The summed E-state index contributed by atoms with van der Waals surface area (Å²) in [6.07, 6.45) is 3.48. The Bertz CT molecular complexity index is 215. The van der Waals surface area contributed by atoms with Crippen LogP contribution in [0, 0.1) is 0 Å². The van der Waals surface area contributed by atoms with E-state index in [1.165, 1.54) is 0 Å². The molecule has 5 nitrogen and oxygen atoms in total. The Kier molecular flexibility index (Phi) is 3.93. The zero-order chi connectivity index (χ0) is 11.5. The van der Waals surface area contributed by atoms with Crippen LogP contribution in [-0.4, -0.2) is 57.6 Å². The van der Waals surface area contributed by atoms with Gasteiger partial charge in [-0.1, -0.05) is 0 Å². The molecule has 0 aliphatic carbocycles. The lowest BCUT2D eigenvalue weighted by Crippen LogP contribution is -2.38. The summed E-state index contributed by atoms with van der Waals surface area (Å²) in [5.41, 5.74) is 0. The highest BCUT2D eigenvalue weighted by atomic mass is 16.7. The van der Waals surface area contributed by atoms with E-state index >= 15 is 0 Å². The van der Waals surface area contributed by atoms with Crippen LogP contribution < -0.4 is 0 Å². The van der Waals surface area contributed by atoms with Crippen molar-refractivity contribution in [2.75, 3.05) is 33.0 Å². The van der Waals surface area contributed by atoms with Crippen molar-refractivity contribution in [1.29, 1.82) is 0 Å². The third kappa shape index (κ3) is 2.98. The number of ether oxygens (including phenoxy) is 5. The predicted molar refractivity (Wildman–Crippen MR) is 58.8 cm³/mol. The van der Waals surface area contributed by atoms with Crippen molar-refractivity contribution in [2.45, 2.75) is 43.9 Å². The zero-order valence-electron chi connectivity index (χ0n) is 10.0. The fraction of sp³-hybridized carbons (Fsp3) is 1.00. The molecule has 4 unspecified atom stereocenters. The van der Waals surface area contributed by atoms with Gasteiger partial charge in [0.05, 0.1) is 32.0 Å².